The molecule has 0 saturated carbocycles. The molecule has 0 saturated heterocycles. The molecule has 0 spiro atoms. The zero-order valence-electron chi connectivity index (χ0n) is 24.7. The number of aryl methyl sites for hydroxylation is 2. The van der Waals surface area contributed by atoms with Crippen molar-refractivity contribution < 1.29 is 8.83 Å². The second kappa shape index (κ2) is 11.8. The molecule has 6 heteroatoms. The summed E-state index contributed by atoms with van der Waals surface area (Å²) in [6, 6.07) is 24.1. The van der Waals surface area contributed by atoms with Crippen LogP contribution in [-0.2, 0) is 0 Å². The maximum Gasteiger partial charge on any atom is 0.248 e. The summed E-state index contributed by atoms with van der Waals surface area (Å²) < 4.78 is 12.3. The number of aromatic nitrogens is 4. The summed E-state index contributed by atoms with van der Waals surface area (Å²) >= 11 is 0. The van der Waals surface area contributed by atoms with E-state index in [1.165, 1.54) is 0 Å². The minimum Gasteiger partial charge on any atom is -0.416 e. The van der Waals surface area contributed by atoms with Crippen molar-refractivity contribution in [2.24, 2.45) is 0 Å². The summed E-state index contributed by atoms with van der Waals surface area (Å²) in [6.07, 6.45) is 7.14. The van der Waals surface area contributed by atoms with Crippen LogP contribution in [0.25, 0.3) is 81.2 Å². The second-order valence-corrected chi connectivity index (χ2v) is 10.3. The van der Waals surface area contributed by atoms with E-state index in [0.717, 1.165) is 66.8 Å². The Morgan fingerprint density at radius 2 is 0.864 bits per heavy atom. The van der Waals surface area contributed by atoms with Crippen molar-refractivity contribution in [3.63, 3.8) is 0 Å². The summed E-state index contributed by atoms with van der Waals surface area (Å²) in [5, 5.41) is 17.4. The molecule has 0 radical (unpaired) electrons. The number of rotatable bonds is 9. The van der Waals surface area contributed by atoms with Gasteiger partial charge in [0.15, 0.2) is 0 Å². The lowest BCUT2D eigenvalue weighted by Crippen LogP contribution is -1.89. The first-order chi connectivity index (χ1) is 21.4. The van der Waals surface area contributed by atoms with Gasteiger partial charge in [0.2, 0.25) is 23.6 Å². The van der Waals surface area contributed by atoms with Gasteiger partial charge in [-0.3, -0.25) is 0 Å². The highest BCUT2D eigenvalue weighted by molar-refractivity contribution is 5.79. The van der Waals surface area contributed by atoms with Crippen LogP contribution in [-0.4, -0.2) is 20.4 Å². The fourth-order valence-corrected chi connectivity index (χ4v) is 5.40. The van der Waals surface area contributed by atoms with Gasteiger partial charge in [-0.15, -0.1) is 20.4 Å². The van der Waals surface area contributed by atoms with Crippen LogP contribution in [0.3, 0.4) is 0 Å². The highest BCUT2D eigenvalue weighted by Crippen LogP contribution is 2.35. The molecule has 44 heavy (non-hydrogen) atoms. The maximum atomic E-state index is 6.13. The van der Waals surface area contributed by atoms with Gasteiger partial charge in [-0.25, -0.2) is 0 Å². The lowest BCUT2D eigenvalue weighted by Gasteiger charge is -2.09. The molecule has 0 aliphatic carbocycles. The van der Waals surface area contributed by atoms with E-state index in [-0.39, 0.29) is 0 Å². The highest BCUT2D eigenvalue weighted by atomic mass is 16.4. The van der Waals surface area contributed by atoms with Crippen LogP contribution >= 0.6 is 0 Å². The minimum absolute atomic E-state index is 0.437. The first-order valence-electron chi connectivity index (χ1n) is 14.1. The molecule has 6 aromatic rings. The molecule has 214 valence electrons. The topological polar surface area (TPSA) is 77.8 Å². The third kappa shape index (κ3) is 5.03. The van der Waals surface area contributed by atoms with E-state index in [1.807, 2.05) is 62.4 Å². The molecule has 6 rings (SSSR count). The summed E-state index contributed by atoms with van der Waals surface area (Å²) in [5.74, 6) is 1.79. The molecule has 0 bridgehead atoms. The van der Waals surface area contributed by atoms with Crippen molar-refractivity contribution in [2.75, 3.05) is 0 Å². The zero-order valence-corrected chi connectivity index (χ0v) is 24.7. The third-order valence-electron chi connectivity index (χ3n) is 7.69. The van der Waals surface area contributed by atoms with Crippen LogP contribution in [0.1, 0.15) is 33.4 Å². The van der Waals surface area contributed by atoms with E-state index in [0.29, 0.717) is 23.6 Å². The molecule has 0 aliphatic heterocycles. The molecule has 4 aromatic carbocycles. The van der Waals surface area contributed by atoms with Crippen LogP contribution in [0.2, 0.25) is 0 Å². The highest BCUT2D eigenvalue weighted by Gasteiger charge is 2.18. The van der Waals surface area contributed by atoms with E-state index in [4.69, 9.17) is 8.83 Å². The monoisotopic (exact) mass is 574 g/mol. The van der Waals surface area contributed by atoms with E-state index in [9.17, 15) is 0 Å². The quantitative estimate of drug-likeness (QED) is 0.171. The summed E-state index contributed by atoms with van der Waals surface area (Å²) in [5.41, 5.74) is 11.3. The Kier molecular flexibility index (Phi) is 7.56. The largest absolute Gasteiger partial charge is 0.416 e. The van der Waals surface area contributed by atoms with Crippen molar-refractivity contribution in [2.45, 2.75) is 13.8 Å². The number of benzene rings is 4. The van der Waals surface area contributed by atoms with Gasteiger partial charge < -0.3 is 8.83 Å². The smallest absolute Gasteiger partial charge is 0.248 e. The Morgan fingerprint density at radius 1 is 0.477 bits per heavy atom. The zero-order chi connectivity index (χ0) is 30.8. The molecule has 2 heterocycles. The van der Waals surface area contributed by atoms with E-state index in [2.05, 4.69) is 71.0 Å². The Morgan fingerprint density at radius 3 is 1.20 bits per heavy atom. The van der Waals surface area contributed by atoms with Crippen LogP contribution in [0.15, 0.2) is 108 Å². The maximum absolute atomic E-state index is 6.13. The van der Waals surface area contributed by atoms with Gasteiger partial charge in [0, 0.05) is 22.3 Å². The van der Waals surface area contributed by atoms with Crippen molar-refractivity contribution in [3.8, 4) is 56.9 Å². The van der Waals surface area contributed by atoms with Gasteiger partial charge in [0.1, 0.15) is 0 Å². The van der Waals surface area contributed by atoms with Crippen molar-refractivity contribution >= 4 is 24.3 Å². The molecule has 0 amide bonds. The average Bonchev–Trinajstić information content (AvgIpc) is 3.74. The van der Waals surface area contributed by atoms with Crippen molar-refractivity contribution in [1.29, 1.82) is 0 Å². The van der Waals surface area contributed by atoms with Gasteiger partial charge in [0.05, 0.1) is 0 Å². The Hall–Kier alpha value is -5.88. The summed E-state index contributed by atoms with van der Waals surface area (Å²) in [4.78, 5) is 0. The SMILES string of the molecule is C=Cc1cccc(-c2nnc(-c3ccc(-c4ccc(-c5nnc(-c6cccc(C=C)c6C=C)o5)c(C)c4)cc3C)o2)c1C=C. The molecule has 0 aliphatic rings. The number of nitrogens with zero attached hydrogens (tertiary/aromatic N) is 4. The standard InChI is InChI=1S/C38H30N4O2/c1-7-25-13-11-15-33(29(25)9-3)37-41-39-35(43-37)31-19-17-27(21-23(31)5)28-18-20-32(24(6)22-28)36-40-42-38(44-36)34-16-12-14-26(8-2)30(34)10-4/h7-22H,1-4H2,5-6H3. The minimum atomic E-state index is 0.437. The van der Waals surface area contributed by atoms with Gasteiger partial charge in [-0.1, -0.05) is 99.2 Å². The van der Waals surface area contributed by atoms with Gasteiger partial charge >= 0.3 is 0 Å². The summed E-state index contributed by atoms with van der Waals surface area (Å²) in [6.45, 7) is 19.7. The fraction of sp³-hybridized carbons (Fsp3) is 0.0526. The first-order valence-corrected chi connectivity index (χ1v) is 14.1. The van der Waals surface area contributed by atoms with Crippen LogP contribution in [0, 0.1) is 13.8 Å². The van der Waals surface area contributed by atoms with E-state index in [1.54, 1.807) is 24.3 Å². The Balaban J connectivity index is 1.27. The molecule has 0 N–H and O–H groups in total. The van der Waals surface area contributed by atoms with E-state index < -0.39 is 0 Å². The van der Waals surface area contributed by atoms with Crippen molar-refractivity contribution in [1.82, 2.24) is 20.4 Å². The lowest BCUT2D eigenvalue weighted by molar-refractivity contribution is 0.583. The van der Waals surface area contributed by atoms with Gasteiger partial charge in [-0.2, -0.15) is 0 Å². The summed E-state index contributed by atoms with van der Waals surface area (Å²) in [7, 11) is 0. The molecular formula is C38H30N4O2. The third-order valence-corrected chi connectivity index (χ3v) is 7.69. The predicted octanol–water partition coefficient (Wildman–Crippen LogP) is 9.98. The van der Waals surface area contributed by atoms with Crippen LogP contribution < -0.4 is 0 Å². The average molecular weight is 575 g/mol. The predicted molar refractivity (Wildman–Crippen MR) is 179 cm³/mol. The molecule has 0 fully saturated rings. The van der Waals surface area contributed by atoms with Crippen LogP contribution in [0.4, 0.5) is 0 Å². The van der Waals surface area contributed by atoms with Gasteiger partial charge in [-0.05, 0) is 82.6 Å². The fourth-order valence-electron chi connectivity index (χ4n) is 5.40. The number of hydrogen-bond donors (Lipinski definition) is 0. The van der Waals surface area contributed by atoms with Crippen molar-refractivity contribution in [3.05, 3.63) is 132 Å². The van der Waals surface area contributed by atoms with Crippen LogP contribution in [0.5, 0.6) is 0 Å². The molecule has 0 unspecified atom stereocenters. The normalized spacial score (nSPS) is 10.9. The Bertz CT molecular complexity index is 1930. The lowest BCUT2D eigenvalue weighted by atomic mass is 9.96. The van der Waals surface area contributed by atoms with E-state index >= 15 is 0 Å². The molecular weight excluding hydrogens is 544 g/mol. The number of hydrogen-bond acceptors (Lipinski definition) is 6. The molecule has 0 atom stereocenters. The molecule has 2 aromatic heterocycles. The molecule has 6 nitrogen and oxygen atoms in total. The second-order valence-electron chi connectivity index (χ2n) is 10.3. The first kappa shape index (κ1) is 28.2. The Labute approximate surface area is 256 Å². The van der Waals surface area contributed by atoms with Gasteiger partial charge in [0.25, 0.3) is 0 Å².